The van der Waals surface area contributed by atoms with Crippen molar-refractivity contribution in [2.24, 2.45) is 0 Å². The van der Waals surface area contributed by atoms with Crippen LogP contribution in [0.2, 0.25) is 5.02 Å². The summed E-state index contributed by atoms with van der Waals surface area (Å²) in [6.07, 6.45) is 1.66. The van der Waals surface area contributed by atoms with Crippen molar-refractivity contribution in [1.29, 1.82) is 0 Å². The lowest BCUT2D eigenvalue weighted by molar-refractivity contribution is 0.355. The van der Waals surface area contributed by atoms with Crippen LogP contribution in [-0.2, 0) is 0 Å². The molecule has 2 aromatic heterocycles. The molecule has 0 aliphatic carbocycles. The molecule has 0 spiro atoms. The van der Waals surface area contributed by atoms with Gasteiger partial charge < -0.3 is 14.5 Å². The third-order valence-electron chi connectivity index (χ3n) is 4.78. The second kappa shape index (κ2) is 8.75. The van der Waals surface area contributed by atoms with E-state index in [1.165, 1.54) is 25.6 Å². The Morgan fingerprint density at radius 2 is 1.90 bits per heavy atom. The minimum atomic E-state index is -0.236. The molecule has 5 nitrogen and oxygen atoms in total. The first-order chi connectivity index (χ1) is 14.9. The number of fused-ring (bicyclic) bond motifs is 1. The maximum absolute atomic E-state index is 13.0. The van der Waals surface area contributed by atoms with Crippen molar-refractivity contribution in [2.75, 3.05) is 14.2 Å². The molecule has 31 heavy (non-hydrogen) atoms. The predicted molar refractivity (Wildman–Crippen MR) is 129 cm³/mol. The van der Waals surface area contributed by atoms with Crippen LogP contribution >= 0.6 is 34.5 Å². The molecule has 0 atom stereocenters. The highest BCUT2D eigenvalue weighted by molar-refractivity contribution is 7.19. The second-order valence-electron chi connectivity index (χ2n) is 6.72. The van der Waals surface area contributed by atoms with Crippen molar-refractivity contribution in [1.82, 2.24) is 9.97 Å². The number of hydrogen-bond donors (Lipinski definition) is 1. The molecule has 0 unspecified atom stereocenters. The molecule has 0 aliphatic heterocycles. The van der Waals surface area contributed by atoms with Gasteiger partial charge in [-0.25, -0.2) is 4.98 Å². The van der Waals surface area contributed by atoms with E-state index in [-0.39, 0.29) is 16.4 Å². The Hall–Kier alpha value is -2.80. The van der Waals surface area contributed by atoms with Crippen molar-refractivity contribution in [3.63, 3.8) is 0 Å². The Balaban J connectivity index is 1.81. The minimum Gasteiger partial charge on any atom is -0.493 e. The number of H-pyrrole nitrogens is 1. The number of hydrogen-bond acceptors (Lipinski definition) is 5. The fourth-order valence-electron chi connectivity index (χ4n) is 3.42. The summed E-state index contributed by atoms with van der Waals surface area (Å²) < 4.78 is 10.6. The van der Waals surface area contributed by atoms with E-state index in [4.69, 9.17) is 32.7 Å². The molecule has 4 rings (SSSR count). The Labute approximate surface area is 192 Å². The average molecular weight is 473 g/mol. The second-order valence-corrected chi connectivity index (χ2v) is 8.74. The number of benzene rings is 2. The molecule has 1 N–H and O–H groups in total. The first kappa shape index (κ1) is 21.4. The standard InChI is InChI=1S/C23H18Cl2N2O3S/c1-12-18(14-7-5-4-6-8-14)19-22(28)26-21(27-23(19)31-12)16(25)10-13-9-15(24)20(30-3)17(11-13)29-2/h4-11H,1-3H3,(H,26,27,28)/b16-10-. The van der Waals surface area contributed by atoms with Gasteiger partial charge in [0.1, 0.15) is 4.83 Å². The molecule has 0 radical (unpaired) electrons. The fourth-order valence-corrected chi connectivity index (χ4v) is 4.98. The zero-order valence-corrected chi connectivity index (χ0v) is 19.3. The van der Waals surface area contributed by atoms with Crippen molar-refractivity contribution in [2.45, 2.75) is 6.92 Å². The van der Waals surface area contributed by atoms with Gasteiger partial charge in [-0.05, 0) is 36.3 Å². The molecule has 0 bridgehead atoms. The SMILES string of the molecule is COc1cc(/C=C(\Cl)c2nc3sc(C)c(-c4ccccc4)c3c(=O)[nH]2)cc(Cl)c1OC. The number of aromatic amines is 1. The van der Waals surface area contributed by atoms with Gasteiger partial charge in [0.2, 0.25) is 0 Å². The zero-order valence-electron chi connectivity index (χ0n) is 17.0. The average Bonchev–Trinajstić information content (AvgIpc) is 3.10. The quantitative estimate of drug-likeness (QED) is 0.366. The van der Waals surface area contributed by atoms with E-state index in [0.717, 1.165) is 16.0 Å². The van der Waals surface area contributed by atoms with Crippen LogP contribution in [0.3, 0.4) is 0 Å². The molecule has 0 saturated carbocycles. The Morgan fingerprint density at radius 1 is 1.16 bits per heavy atom. The zero-order chi connectivity index (χ0) is 22.1. The number of ether oxygens (including phenoxy) is 2. The molecule has 0 fully saturated rings. The largest absolute Gasteiger partial charge is 0.493 e. The van der Waals surface area contributed by atoms with Crippen LogP contribution in [0.25, 0.3) is 32.5 Å². The predicted octanol–water partition coefficient (Wildman–Crippen LogP) is 6.37. The number of thiophene rings is 1. The van der Waals surface area contributed by atoms with E-state index in [2.05, 4.69) is 9.97 Å². The summed E-state index contributed by atoms with van der Waals surface area (Å²) in [6, 6.07) is 13.2. The Kier molecular flexibility index (Phi) is 6.05. The topological polar surface area (TPSA) is 64.2 Å². The van der Waals surface area contributed by atoms with Crippen LogP contribution in [0.4, 0.5) is 0 Å². The van der Waals surface area contributed by atoms with Gasteiger partial charge in [0.25, 0.3) is 5.56 Å². The molecule has 0 aliphatic rings. The van der Waals surface area contributed by atoms with E-state index in [9.17, 15) is 4.79 Å². The van der Waals surface area contributed by atoms with Crippen molar-refractivity contribution in [3.05, 3.63) is 74.1 Å². The van der Waals surface area contributed by atoms with E-state index >= 15 is 0 Å². The maximum Gasteiger partial charge on any atom is 0.260 e. The maximum atomic E-state index is 13.0. The smallest absolute Gasteiger partial charge is 0.260 e. The highest BCUT2D eigenvalue weighted by atomic mass is 35.5. The monoisotopic (exact) mass is 472 g/mol. The lowest BCUT2D eigenvalue weighted by atomic mass is 10.0. The lowest BCUT2D eigenvalue weighted by Crippen LogP contribution is -2.10. The fraction of sp³-hybridized carbons (Fsp3) is 0.130. The minimum absolute atomic E-state index is 0.236. The lowest BCUT2D eigenvalue weighted by Gasteiger charge is -2.10. The highest BCUT2D eigenvalue weighted by Crippen LogP contribution is 2.38. The van der Waals surface area contributed by atoms with Crippen LogP contribution in [0.5, 0.6) is 11.5 Å². The van der Waals surface area contributed by atoms with Crippen LogP contribution in [0, 0.1) is 6.92 Å². The molecule has 4 aromatic rings. The van der Waals surface area contributed by atoms with Gasteiger partial charge >= 0.3 is 0 Å². The molecule has 0 saturated heterocycles. The third kappa shape index (κ3) is 4.06. The highest BCUT2D eigenvalue weighted by Gasteiger charge is 2.17. The van der Waals surface area contributed by atoms with Crippen LogP contribution in [0.1, 0.15) is 16.3 Å². The first-order valence-electron chi connectivity index (χ1n) is 9.31. The normalized spacial score (nSPS) is 11.7. The summed E-state index contributed by atoms with van der Waals surface area (Å²) in [6.45, 7) is 1.98. The molecule has 8 heteroatoms. The summed E-state index contributed by atoms with van der Waals surface area (Å²) >= 11 is 14.3. The summed E-state index contributed by atoms with van der Waals surface area (Å²) in [7, 11) is 3.04. The van der Waals surface area contributed by atoms with Crippen molar-refractivity contribution in [3.8, 4) is 22.6 Å². The summed E-state index contributed by atoms with van der Waals surface area (Å²) in [5.74, 6) is 1.20. The van der Waals surface area contributed by atoms with E-state index in [1.807, 2.05) is 37.3 Å². The van der Waals surface area contributed by atoms with Gasteiger partial charge in [-0.2, -0.15) is 0 Å². The number of halogens is 2. The van der Waals surface area contributed by atoms with Crippen molar-refractivity contribution >= 4 is 55.9 Å². The van der Waals surface area contributed by atoms with Gasteiger partial charge in [0.05, 0.1) is 29.7 Å². The summed E-state index contributed by atoms with van der Waals surface area (Å²) in [4.78, 5) is 22.0. The molecule has 2 aromatic carbocycles. The van der Waals surface area contributed by atoms with Crippen LogP contribution < -0.4 is 15.0 Å². The van der Waals surface area contributed by atoms with Gasteiger partial charge in [-0.3, -0.25) is 4.79 Å². The number of rotatable bonds is 5. The van der Waals surface area contributed by atoms with E-state index in [0.29, 0.717) is 32.3 Å². The van der Waals surface area contributed by atoms with Gasteiger partial charge in [-0.15, -0.1) is 11.3 Å². The third-order valence-corrected chi connectivity index (χ3v) is 6.34. The van der Waals surface area contributed by atoms with Crippen LogP contribution in [0.15, 0.2) is 47.3 Å². The number of aryl methyl sites for hydroxylation is 1. The number of methoxy groups -OCH3 is 2. The van der Waals surface area contributed by atoms with Gasteiger partial charge in [0, 0.05) is 10.4 Å². The molecular formula is C23H18Cl2N2O3S. The summed E-state index contributed by atoms with van der Waals surface area (Å²) in [5, 5.41) is 1.22. The first-order valence-corrected chi connectivity index (χ1v) is 10.9. The molecular weight excluding hydrogens is 455 g/mol. The number of nitrogens with zero attached hydrogens (tertiary/aromatic N) is 1. The molecule has 0 amide bonds. The molecule has 158 valence electrons. The number of aromatic nitrogens is 2. The van der Waals surface area contributed by atoms with E-state index < -0.39 is 0 Å². The number of nitrogens with one attached hydrogen (secondary N) is 1. The van der Waals surface area contributed by atoms with E-state index in [1.54, 1.807) is 18.2 Å². The van der Waals surface area contributed by atoms with Gasteiger partial charge in [-0.1, -0.05) is 53.5 Å². The van der Waals surface area contributed by atoms with Gasteiger partial charge in [0.15, 0.2) is 17.3 Å². The van der Waals surface area contributed by atoms with Crippen LogP contribution in [-0.4, -0.2) is 24.2 Å². The Bertz CT molecular complexity index is 1360. The Morgan fingerprint density at radius 3 is 2.58 bits per heavy atom. The molecule has 2 heterocycles. The summed E-state index contributed by atoms with van der Waals surface area (Å²) in [5.41, 5.74) is 2.32. The van der Waals surface area contributed by atoms with Crippen molar-refractivity contribution < 1.29 is 9.47 Å².